The van der Waals surface area contributed by atoms with E-state index in [2.05, 4.69) is 12.2 Å². The summed E-state index contributed by atoms with van der Waals surface area (Å²) in [6, 6.07) is 6.21. The fraction of sp³-hybridized carbons (Fsp3) is 0.611. The minimum Gasteiger partial charge on any atom is -0.348 e. The smallest absolute Gasteiger partial charge is 0.251 e. The van der Waals surface area contributed by atoms with Gasteiger partial charge < -0.3 is 11.1 Å². The van der Waals surface area contributed by atoms with Crippen molar-refractivity contribution in [2.45, 2.75) is 43.5 Å². The monoisotopic (exact) mass is 365 g/mol. The summed E-state index contributed by atoms with van der Waals surface area (Å²) in [6.07, 6.45) is 3.99. The molecule has 2 aliphatic rings. The van der Waals surface area contributed by atoms with Gasteiger partial charge in [0.05, 0.1) is 4.90 Å². The van der Waals surface area contributed by atoms with Crippen molar-refractivity contribution < 1.29 is 13.2 Å². The van der Waals surface area contributed by atoms with Crippen LogP contribution in [-0.4, -0.2) is 44.3 Å². The van der Waals surface area contributed by atoms with Crippen LogP contribution in [0, 0.1) is 11.8 Å². The molecule has 1 saturated heterocycles. The van der Waals surface area contributed by atoms with E-state index in [1.165, 1.54) is 12.1 Å². The van der Waals surface area contributed by atoms with Gasteiger partial charge in [-0.05, 0) is 61.8 Å². The molecule has 1 amide bonds. The molecule has 7 heteroatoms. The highest BCUT2D eigenvalue weighted by Gasteiger charge is 2.32. The second kappa shape index (κ2) is 7.43. The number of carbonyl (C=O) groups is 1. The summed E-state index contributed by atoms with van der Waals surface area (Å²) in [6.45, 7) is 3.69. The van der Waals surface area contributed by atoms with Gasteiger partial charge in [0.1, 0.15) is 0 Å². The number of sulfonamides is 1. The topological polar surface area (TPSA) is 92.5 Å². The molecule has 0 bridgehead atoms. The van der Waals surface area contributed by atoms with E-state index in [1.807, 2.05) is 0 Å². The lowest BCUT2D eigenvalue weighted by Gasteiger charge is -2.29. The molecule has 2 fully saturated rings. The minimum atomic E-state index is -3.48. The van der Waals surface area contributed by atoms with Crippen LogP contribution in [0.2, 0.25) is 0 Å². The molecule has 1 atom stereocenters. The van der Waals surface area contributed by atoms with E-state index in [0.717, 1.165) is 25.7 Å². The van der Waals surface area contributed by atoms with Gasteiger partial charge in [0.25, 0.3) is 5.91 Å². The van der Waals surface area contributed by atoms with E-state index in [-0.39, 0.29) is 16.8 Å². The van der Waals surface area contributed by atoms with Crippen molar-refractivity contribution in [2.24, 2.45) is 17.6 Å². The molecule has 1 unspecified atom stereocenters. The largest absolute Gasteiger partial charge is 0.348 e. The van der Waals surface area contributed by atoms with Gasteiger partial charge in [0.15, 0.2) is 0 Å². The van der Waals surface area contributed by atoms with Crippen LogP contribution >= 0.6 is 0 Å². The average molecular weight is 365 g/mol. The van der Waals surface area contributed by atoms with Gasteiger partial charge in [-0.1, -0.05) is 6.92 Å². The third-order valence-corrected chi connectivity index (χ3v) is 7.17. The normalized spacial score (nSPS) is 21.0. The molecule has 1 heterocycles. The van der Waals surface area contributed by atoms with Gasteiger partial charge >= 0.3 is 0 Å². The Morgan fingerprint density at radius 2 is 1.80 bits per heavy atom. The van der Waals surface area contributed by atoms with Crippen LogP contribution in [0.15, 0.2) is 29.2 Å². The molecule has 1 saturated carbocycles. The lowest BCUT2D eigenvalue weighted by molar-refractivity contribution is 0.0933. The SMILES string of the molecule is CC1CCN(S(=O)(=O)c2ccc(C(=O)NC(CN)C3CC3)cc2)CC1. The molecule has 1 aliphatic carbocycles. The van der Waals surface area contributed by atoms with Crippen LogP contribution in [-0.2, 0) is 10.0 Å². The maximum absolute atomic E-state index is 12.7. The van der Waals surface area contributed by atoms with Crippen molar-refractivity contribution in [3.8, 4) is 0 Å². The number of hydrogen-bond donors (Lipinski definition) is 2. The maximum atomic E-state index is 12.7. The highest BCUT2D eigenvalue weighted by atomic mass is 32.2. The van der Waals surface area contributed by atoms with Crippen molar-refractivity contribution in [2.75, 3.05) is 19.6 Å². The Labute approximate surface area is 149 Å². The minimum absolute atomic E-state index is 0.00579. The number of nitrogens with zero attached hydrogens (tertiary/aromatic N) is 1. The van der Waals surface area contributed by atoms with Crippen LogP contribution in [0.1, 0.15) is 43.0 Å². The number of benzene rings is 1. The number of carbonyl (C=O) groups excluding carboxylic acids is 1. The summed E-state index contributed by atoms with van der Waals surface area (Å²) in [5, 5.41) is 2.95. The first-order valence-electron chi connectivity index (χ1n) is 9.03. The molecular formula is C18H27N3O3S. The Bertz CT molecular complexity index is 706. The quantitative estimate of drug-likeness (QED) is 0.800. The molecule has 25 heavy (non-hydrogen) atoms. The van der Waals surface area contributed by atoms with Gasteiger partial charge in [0.2, 0.25) is 10.0 Å². The molecule has 138 valence electrons. The number of nitrogens with two attached hydrogens (primary N) is 1. The van der Waals surface area contributed by atoms with E-state index < -0.39 is 10.0 Å². The standard InChI is InChI=1S/C18H27N3O3S/c1-13-8-10-21(11-9-13)25(23,24)16-6-4-15(5-7-16)18(22)20-17(12-19)14-2-3-14/h4-7,13-14,17H,2-3,8-12,19H2,1H3,(H,20,22). The number of nitrogens with one attached hydrogen (secondary N) is 1. The molecule has 3 N–H and O–H groups in total. The first-order chi connectivity index (χ1) is 11.9. The summed E-state index contributed by atoms with van der Waals surface area (Å²) in [5.41, 5.74) is 6.18. The molecule has 3 rings (SSSR count). The van der Waals surface area contributed by atoms with Crippen molar-refractivity contribution >= 4 is 15.9 Å². The zero-order chi connectivity index (χ0) is 18.0. The summed E-state index contributed by atoms with van der Waals surface area (Å²) in [5.74, 6) is 0.854. The first kappa shape index (κ1) is 18.4. The average Bonchev–Trinajstić information content (AvgIpc) is 3.45. The van der Waals surface area contributed by atoms with Gasteiger partial charge in [-0.2, -0.15) is 4.31 Å². The van der Waals surface area contributed by atoms with Crippen LogP contribution in [0.4, 0.5) is 0 Å². The lowest BCUT2D eigenvalue weighted by Crippen LogP contribution is -2.41. The predicted octanol–water partition coefficient (Wildman–Crippen LogP) is 1.57. The van der Waals surface area contributed by atoms with E-state index >= 15 is 0 Å². The van der Waals surface area contributed by atoms with E-state index in [4.69, 9.17) is 5.73 Å². The van der Waals surface area contributed by atoms with E-state index in [9.17, 15) is 13.2 Å². The van der Waals surface area contributed by atoms with Crippen LogP contribution in [0.5, 0.6) is 0 Å². The Balaban J connectivity index is 1.67. The third-order valence-electron chi connectivity index (χ3n) is 5.26. The molecule has 1 aliphatic heterocycles. The number of amides is 1. The molecule has 1 aromatic carbocycles. The highest BCUT2D eigenvalue weighted by Crippen LogP contribution is 2.32. The third kappa shape index (κ3) is 4.22. The van der Waals surface area contributed by atoms with Crippen LogP contribution in [0.3, 0.4) is 0 Å². The molecular weight excluding hydrogens is 338 g/mol. The number of rotatable bonds is 6. The van der Waals surface area contributed by atoms with Gasteiger partial charge in [-0.3, -0.25) is 4.79 Å². The summed E-state index contributed by atoms with van der Waals surface area (Å²) in [7, 11) is -3.48. The zero-order valence-electron chi connectivity index (χ0n) is 14.6. The van der Waals surface area contributed by atoms with Gasteiger partial charge in [0, 0.05) is 31.2 Å². The van der Waals surface area contributed by atoms with E-state index in [0.29, 0.717) is 37.0 Å². The molecule has 0 radical (unpaired) electrons. The summed E-state index contributed by atoms with van der Waals surface area (Å²) >= 11 is 0. The van der Waals surface area contributed by atoms with Crippen molar-refractivity contribution in [3.05, 3.63) is 29.8 Å². The van der Waals surface area contributed by atoms with Crippen molar-refractivity contribution in [3.63, 3.8) is 0 Å². The Morgan fingerprint density at radius 1 is 1.20 bits per heavy atom. The number of piperidine rings is 1. The Kier molecular flexibility index (Phi) is 5.46. The van der Waals surface area contributed by atoms with Crippen molar-refractivity contribution in [1.82, 2.24) is 9.62 Å². The molecule has 0 aromatic heterocycles. The van der Waals surface area contributed by atoms with Crippen LogP contribution in [0.25, 0.3) is 0 Å². The fourth-order valence-electron chi connectivity index (χ4n) is 3.27. The fourth-order valence-corrected chi connectivity index (χ4v) is 4.74. The zero-order valence-corrected chi connectivity index (χ0v) is 15.5. The Morgan fingerprint density at radius 3 is 2.32 bits per heavy atom. The lowest BCUT2D eigenvalue weighted by atomic mass is 10.0. The Hall–Kier alpha value is -1.44. The van der Waals surface area contributed by atoms with E-state index in [1.54, 1.807) is 16.4 Å². The molecule has 6 nitrogen and oxygen atoms in total. The second-order valence-electron chi connectivity index (χ2n) is 7.26. The number of hydrogen-bond acceptors (Lipinski definition) is 4. The first-order valence-corrected chi connectivity index (χ1v) is 10.5. The van der Waals surface area contributed by atoms with Crippen LogP contribution < -0.4 is 11.1 Å². The maximum Gasteiger partial charge on any atom is 0.251 e. The summed E-state index contributed by atoms with van der Waals surface area (Å²) in [4.78, 5) is 12.6. The van der Waals surface area contributed by atoms with Gasteiger partial charge in [-0.25, -0.2) is 8.42 Å². The van der Waals surface area contributed by atoms with Gasteiger partial charge in [-0.15, -0.1) is 0 Å². The highest BCUT2D eigenvalue weighted by molar-refractivity contribution is 7.89. The predicted molar refractivity (Wildman–Crippen MR) is 96.6 cm³/mol. The molecule has 1 aromatic rings. The molecule has 0 spiro atoms. The van der Waals surface area contributed by atoms with Crippen molar-refractivity contribution in [1.29, 1.82) is 0 Å². The second-order valence-corrected chi connectivity index (χ2v) is 9.20. The summed E-state index contributed by atoms with van der Waals surface area (Å²) < 4.78 is 27.0.